The van der Waals surface area contributed by atoms with Gasteiger partial charge in [0.15, 0.2) is 0 Å². The maximum Gasteiger partial charge on any atom is 0.119 e. The van der Waals surface area contributed by atoms with Crippen LogP contribution in [0.25, 0.3) is 0 Å². The molecule has 2 aromatic carbocycles. The molecule has 3 nitrogen and oxygen atoms in total. The summed E-state index contributed by atoms with van der Waals surface area (Å²) in [4.78, 5) is 2.38. The van der Waals surface area contributed by atoms with Crippen molar-refractivity contribution in [2.45, 2.75) is 12.3 Å². The van der Waals surface area contributed by atoms with Crippen LogP contribution in [0.2, 0.25) is 5.02 Å². The van der Waals surface area contributed by atoms with E-state index in [1.807, 2.05) is 36.4 Å². The zero-order valence-corrected chi connectivity index (χ0v) is 15.0. The maximum absolute atomic E-state index is 6.06. The molecule has 24 heavy (non-hydrogen) atoms. The van der Waals surface area contributed by atoms with E-state index in [2.05, 4.69) is 24.1 Å². The molecule has 128 valence electrons. The van der Waals surface area contributed by atoms with Crippen LogP contribution in [0, 0.1) is 5.92 Å². The summed E-state index contributed by atoms with van der Waals surface area (Å²) in [6.07, 6.45) is 1.15. The van der Waals surface area contributed by atoms with E-state index in [0.717, 1.165) is 36.0 Å². The number of methoxy groups -OCH3 is 1. The first-order valence-corrected chi connectivity index (χ1v) is 8.74. The molecule has 3 rings (SSSR count). The Bertz CT molecular complexity index is 642. The highest BCUT2D eigenvalue weighted by Crippen LogP contribution is 2.33. The summed E-state index contributed by atoms with van der Waals surface area (Å²) in [6, 6.07) is 16.0. The number of benzene rings is 2. The molecule has 0 N–H and O–H groups in total. The molecule has 2 aromatic rings. The van der Waals surface area contributed by atoms with Crippen molar-refractivity contribution in [1.29, 1.82) is 0 Å². The van der Waals surface area contributed by atoms with Crippen LogP contribution >= 0.6 is 11.6 Å². The summed E-state index contributed by atoms with van der Waals surface area (Å²) < 4.78 is 11.2. The molecule has 1 fully saturated rings. The minimum absolute atomic E-state index is 0.465. The quantitative estimate of drug-likeness (QED) is 0.798. The van der Waals surface area contributed by atoms with Gasteiger partial charge in [-0.3, -0.25) is 0 Å². The highest BCUT2D eigenvalue weighted by Gasteiger charge is 2.29. The predicted molar refractivity (Wildman–Crippen MR) is 98.3 cm³/mol. The fraction of sp³-hybridized carbons (Fsp3) is 0.400. The molecule has 0 amide bonds. The average Bonchev–Trinajstić information content (AvgIpc) is 2.61. The van der Waals surface area contributed by atoms with Gasteiger partial charge in [0.2, 0.25) is 0 Å². The van der Waals surface area contributed by atoms with E-state index in [1.54, 1.807) is 7.11 Å². The van der Waals surface area contributed by atoms with Crippen molar-refractivity contribution in [3.8, 4) is 11.5 Å². The topological polar surface area (TPSA) is 21.7 Å². The van der Waals surface area contributed by atoms with Crippen molar-refractivity contribution < 1.29 is 9.47 Å². The zero-order valence-electron chi connectivity index (χ0n) is 14.2. The van der Waals surface area contributed by atoms with Gasteiger partial charge in [0.05, 0.1) is 13.7 Å². The molecule has 2 atom stereocenters. The Morgan fingerprint density at radius 1 is 1.04 bits per heavy atom. The van der Waals surface area contributed by atoms with Crippen LogP contribution in [-0.2, 0) is 0 Å². The molecule has 4 heteroatoms. The van der Waals surface area contributed by atoms with Crippen molar-refractivity contribution in [3.05, 3.63) is 59.1 Å². The normalized spacial score (nSPS) is 21.5. The summed E-state index contributed by atoms with van der Waals surface area (Å²) in [5.74, 6) is 2.71. The Kier molecular flexibility index (Phi) is 5.64. The van der Waals surface area contributed by atoms with Gasteiger partial charge in [-0.05, 0) is 67.9 Å². The summed E-state index contributed by atoms with van der Waals surface area (Å²) in [5.41, 5.74) is 1.36. The van der Waals surface area contributed by atoms with Crippen molar-refractivity contribution in [3.63, 3.8) is 0 Å². The zero-order chi connectivity index (χ0) is 16.9. The molecule has 1 heterocycles. The first kappa shape index (κ1) is 17.1. The summed E-state index contributed by atoms with van der Waals surface area (Å²) in [6.45, 7) is 2.87. The summed E-state index contributed by atoms with van der Waals surface area (Å²) >= 11 is 6.03. The van der Waals surface area contributed by atoms with Crippen LogP contribution < -0.4 is 9.47 Å². The van der Waals surface area contributed by atoms with Crippen LogP contribution in [0.15, 0.2) is 48.5 Å². The van der Waals surface area contributed by atoms with E-state index in [-0.39, 0.29) is 0 Å². The van der Waals surface area contributed by atoms with E-state index < -0.39 is 0 Å². The van der Waals surface area contributed by atoms with Gasteiger partial charge in [-0.15, -0.1) is 0 Å². The summed E-state index contributed by atoms with van der Waals surface area (Å²) in [5, 5.41) is 0.790. The highest BCUT2D eigenvalue weighted by atomic mass is 35.5. The van der Waals surface area contributed by atoms with Gasteiger partial charge >= 0.3 is 0 Å². The molecule has 1 unspecified atom stereocenters. The molecular weight excluding hydrogens is 322 g/mol. The van der Waals surface area contributed by atoms with E-state index in [1.165, 1.54) is 5.56 Å². The van der Waals surface area contributed by atoms with Crippen LogP contribution in [0.1, 0.15) is 17.9 Å². The molecular formula is C20H24ClNO2. The first-order chi connectivity index (χ1) is 11.7. The third kappa shape index (κ3) is 4.22. The summed E-state index contributed by atoms with van der Waals surface area (Å²) in [7, 11) is 3.85. The number of halogens is 1. The Labute approximate surface area is 149 Å². The van der Waals surface area contributed by atoms with Gasteiger partial charge in [-0.1, -0.05) is 23.7 Å². The van der Waals surface area contributed by atoms with E-state index in [0.29, 0.717) is 18.4 Å². The van der Waals surface area contributed by atoms with Gasteiger partial charge < -0.3 is 14.4 Å². The Morgan fingerprint density at radius 2 is 1.71 bits per heavy atom. The Balaban J connectivity index is 1.68. The lowest BCUT2D eigenvalue weighted by Crippen LogP contribution is -2.39. The predicted octanol–water partition coefficient (Wildman–Crippen LogP) is 4.46. The van der Waals surface area contributed by atoms with Gasteiger partial charge in [-0.2, -0.15) is 0 Å². The van der Waals surface area contributed by atoms with Gasteiger partial charge in [0, 0.05) is 17.5 Å². The lowest BCUT2D eigenvalue weighted by Gasteiger charge is -2.37. The van der Waals surface area contributed by atoms with E-state index in [9.17, 15) is 0 Å². The fourth-order valence-corrected chi connectivity index (χ4v) is 3.53. The second kappa shape index (κ2) is 7.91. The smallest absolute Gasteiger partial charge is 0.119 e. The Hall–Kier alpha value is -1.71. The largest absolute Gasteiger partial charge is 0.497 e. The molecule has 0 bridgehead atoms. The SMILES string of the molecule is COc1ccc(OCC2CN(C)CC[C@@H]2c2ccc(Cl)cc2)cc1. The van der Waals surface area contributed by atoms with Crippen LogP contribution in [0.3, 0.4) is 0 Å². The molecule has 1 aliphatic rings. The Morgan fingerprint density at radius 3 is 2.38 bits per heavy atom. The van der Waals surface area contributed by atoms with Crippen molar-refractivity contribution in [1.82, 2.24) is 4.90 Å². The van der Waals surface area contributed by atoms with Crippen molar-refractivity contribution in [2.75, 3.05) is 33.9 Å². The number of rotatable bonds is 5. The lowest BCUT2D eigenvalue weighted by atomic mass is 9.81. The third-order valence-electron chi connectivity index (χ3n) is 4.76. The molecule has 0 aliphatic carbocycles. The van der Waals surface area contributed by atoms with E-state index >= 15 is 0 Å². The average molecular weight is 346 g/mol. The molecule has 1 saturated heterocycles. The molecule has 0 saturated carbocycles. The van der Waals surface area contributed by atoms with Gasteiger partial charge in [0.25, 0.3) is 0 Å². The molecule has 0 spiro atoms. The highest BCUT2D eigenvalue weighted by molar-refractivity contribution is 6.30. The molecule has 0 aromatic heterocycles. The fourth-order valence-electron chi connectivity index (χ4n) is 3.41. The monoisotopic (exact) mass is 345 g/mol. The van der Waals surface area contributed by atoms with Gasteiger partial charge in [0.1, 0.15) is 11.5 Å². The third-order valence-corrected chi connectivity index (χ3v) is 5.01. The van der Waals surface area contributed by atoms with E-state index in [4.69, 9.17) is 21.1 Å². The second-order valence-corrected chi connectivity index (χ2v) is 6.89. The van der Waals surface area contributed by atoms with Crippen molar-refractivity contribution >= 4 is 11.6 Å². The minimum atomic E-state index is 0.465. The first-order valence-electron chi connectivity index (χ1n) is 8.36. The number of nitrogens with zero attached hydrogens (tertiary/aromatic N) is 1. The second-order valence-electron chi connectivity index (χ2n) is 6.46. The molecule has 0 radical (unpaired) electrons. The molecule has 1 aliphatic heterocycles. The number of hydrogen-bond donors (Lipinski definition) is 0. The minimum Gasteiger partial charge on any atom is -0.497 e. The van der Waals surface area contributed by atoms with Crippen LogP contribution in [0.5, 0.6) is 11.5 Å². The van der Waals surface area contributed by atoms with Crippen LogP contribution in [-0.4, -0.2) is 38.8 Å². The van der Waals surface area contributed by atoms with Gasteiger partial charge in [-0.25, -0.2) is 0 Å². The van der Waals surface area contributed by atoms with Crippen molar-refractivity contribution in [2.24, 2.45) is 5.92 Å². The number of ether oxygens (including phenoxy) is 2. The number of piperidine rings is 1. The maximum atomic E-state index is 6.06. The standard InChI is InChI=1S/C20H24ClNO2/c1-22-12-11-20(15-3-5-17(21)6-4-15)16(13-22)14-24-19-9-7-18(23-2)8-10-19/h3-10,16,20H,11-14H2,1-2H3/t16?,20-/m1/s1. The number of likely N-dealkylation sites (tertiary alicyclic amines) is 1. The number of hydrogen-bond acceptors (Lipinski definition) is 3. The van der Waals surface area contributed by atoms with Crippen LogP contribution in [0.4, 0.5) is 0 Å². The lowest BCUT2D eigenvalue weighted by molar-refractivity contribution is 0.129.